The van der Waals surface area contributed by atoms with Gasteiger partial charge in [0.2, 0.25) is 0 Å². The van der Waals surface area contributed by atoms with Crippen LogP contribution >= 0.6 is 36.2 Å². The van der Waals surface area contributed by atoms with Crippen molar-refractivity contribution >= 4 is 58.0 Å². The number of aromatic nitrogens is 1. The lowest BCUT2D eigenvalue weighted by Crippen LogP contribution is -2.10. The van der Waals surface area contributed by atoms with Crippen molar-refractivity contribution in [3.05, 3.63) is 53.6 Å². The van der Waals surface area contributed by atoms with E-state index < -0.39 is 0 Å². The molecule has 3 aromatic rings. The van der Waals surface area contributed by atoms with E-state index in [1.807, 2.05) is 36.4 Å². The van der Waals surface area contributed by atoms with Gasteiger partial charge in [0.05, 0.1) is 10.2 Å². The van der Waals surface area contributed by atoms with Gasteiger partial charge >= 0.3 is 0 Å². The van der Waals surface area contributed by atoms with Crippen LogP contribution in [0.15, 0.2) is 42.5 Å². The zero-order chi connectivity index (χ0) is 15.0. The highest BCUT2D eigenvalue weighted by Gasteiger charge is 2.08. The minimum absolute atomic E-state index is 0. The summed E-state index contributed by atoms with van der Waals surface area (Å²) in [6.07, 6.45) is 0. The van der Waals surface area contributed by atoms with E-state index in [0.29, 0.717) is 11.1 Å². The number of hydrogen-bond acceptors (Lipinski definition) is 4. The van der Waals surface area contributed by atoms with E-state index in [4.69, 9.17) is 22.3 Å². The number of nitrogen functional groups attached to an aromatic ring is 2. The van der Waals surface area contributed by atoms with Crippen molar-refractivity contribution in [2.75, 3.05) is 0 Å². The lowest BCUT2D eigenvalue weighted by Gasteiger charge is -1.99. The standard InChI is InChI=1S/C15H13N5S.2ClH.2H2O/c16-13(17)8-1-3-9(4-2-8)15-20-11-6-5-10(14(18)19)7-12(11)21-15;;;;/h1-7H,(H3,16,17)(H3,18,19);2*1H;2*1H2. The number of nitrogens with two attached hydrogens (primary N) is 2. The summed E-state index contributed by atoms with van der Waals surface area (Å²) in [5, 5.41) is 15.8. The molecule has 1 aromatic heterocycles. The first-order valence-electron chi connectivity index (χ1n) is 6.24. The van der Waals surface area contributed by atoms with Crippen molar-refractivity contribution in [1.82, 2.24) is 4.98 Å². The van der Waals surface area contributed by atoms with Crippen LogP contribution in [0, 0.1) is 10.8 Å². The number of nitrogens with one attached hydrogen (secondary N) is 2. The molecular formula is C15H19Cl2N5O2S. The van der Waals surface area contributed by atoms with Gasteiger partial charge in [-0.1, -0.05) is 24.3 Å². The summed E-state index contributed by atoms with van der Waals surface area (Å²) >= 11 is 1.55. The van der Waals surface area contributed by atoms with Gasteiger partial charge < -0.3 is 22.4 Å². The number of fused-ring (bicyclic) bond motifs is 1. The highest BCUT2D eigenvalue weighted by Crippen LogP contribution is 2.30. The third kappa shape index (κ3) is 5.12. The molecule has 136 valence electrons. The molecular weight excluding hydrogens is 385 g/mol. The fourth-order valence-electron chi connectivity index (χ4n) is 2.01. The van der Waals surface area contributed by atoms with Gasteiger partial charge in [-0.3, -0.25) is 10.8 Å². The summed E-state index contributed by atoms with van der Waals surface area (Å²) in [6, 6.07) is 13.0. The van der Waals surface area contributed by atoms with Gasteiger partial charge in [0, 0.05) is 16.7 Å². The second-order valence-corrected chi connectivity index (χ2v) is 5.64. The molecule has 0 aliphatic heterocycles. The molecule has 10 heteroatoms. The average molecular weight is 404 g/mol. The Balaban J connectivity index is 0. The van der Waals surface area contributed by atoms with Crippen LogP contribution in [0.1, 0.15) is 11.1 Å². The Morgan fingerprint density at radius 1 is 0.840 bits per heavy atom. The third-order valence-corrected chi connectivity index (χ3v) is 4.21. The lowest BCUT2D eigenvalue weighted by molar-refractivity contribution is 0.823. The molecule has 0 fully saturated rings. The van der Waals surface area contributed by atoms with Gasteiger partial charge in [-0.15, -0.1) is 36.2 Å². The summed E-state index contributed by atoms with van der Waals surface area (Å²) in [7, 11) is 0. The monoisotopic (exact) mass is 403 g/mol. The van der Waals surface area contributed by atoms with E-state index in [9.17, 15) is 0 Å². The fourth-order valence-corrected chi connectivity index (χ4v) is 3.02. The first kappa shape index (κ1) is 25.0. The molecule has 3 rings (SSSR count). The third-order valence-electron chi connectivity index (χ3n) is 3.14. The number of thiazole rings is 1. The smallest absolute Gasteiger partial charge is 0.124 e. The lowest BCUT2D eigenvalue weighted by atomic mass is 10.1. The molecule has 0 aliphatic rings. The van der Waals surface area contributed by atoms with Crippen molar-refractivity contribution in [2.24, 2.45) is 11.5 Å². The fraction of sp³-hybridized carbons (Fsp3) is 0. The maximum absolute atomic E-state index is 7.48. The van der Waals surface area contributed by atoms with Crippen LogP contribution in [-0.2, 0) is 0 Å². The molecule has 0 amide bonds. The highest BCUT2D eigenvalue weighted by atomic mass is 35.5. The van der Waals surface area contributed by atoms with Crippen molar-refractivity contribution < 1.29 is 11.0 Å². The first-order valence-corrected chi connectivity index (χ1v) is 7.06. The molecule has 0 saturated heterocycles. The Hall–Kier alpha value is -2.23. The Morgan fingerprint density at radius 2 is 1.36 bits per heavy atom. The van der Waals surface area contributed by atoms with Gasteiger partial charge in [0.1, 0.15) is 16.7 Å². The molecule has 7 nitrogen and oxygen atoms in total. The Bertz CT molecular complexity index is 868. The second kappa shape index (κ2) is 9.92. The van der Waals surface area contributed by atoms with Crippen molar-refractivity contribution in [1.29, 1.82) is 10.8 Å². The molecule has 0 radical (unpaired) electrons. The predicted molar refractivity (Wildman–Crippen MR) is 109 cm³/mol. The van der Waals surface area contributed by atoms with E-state index >= 15 is 0 Å². The van der Waals surface area contributed by atoms with Gasteiger partial charge in [-0.05, 0) is 18.2 Å². The highest BCUT2D eigenvalue weighted by molar-refractivity contribution is 7.21. The van der Waals surface area contributed by atoms with Crippen LogP contribution in [0.5, 0.6) is 0 Å². The first-order chi connectivity index (χ1) is 10.0. The van der Waals surface area contributed by atoms with Gasteiger partial charge in [-0.2, -0.15) is 0 Å². The van der Waals surface area contributed by atoms with Crippen molar-refractivity contribution in [3.8, 4) is 10.6 Å². The maximum atomic E-state index is 7.48. The molecule has 0 atom stereocenters. The molecule has 0 unspecified atom stereocenters. The summed E-state index contributed by atoms with van der Waals surface area (Å²) in [6.45, 7) is 0. The van der Waals surface area contributed by atoms with Crippen molar-refractivity contribution in [2.45, 2.75) is 0 Å². The molecule has 0 spiro atoms. The van der Waals surface area contributed by atoms with Crippen LogP contribution < -0.4 is 11.5 Å². The molecule has 1 heterocycles. The number of nitrogens with zero attached hydrogens (tertiary/aromatic N) is 1. The summed E-state index contributed by atoms with van der Waals surface area (Å²) < 4.78 is 0.994. The van der Waals surface area contributed by atoms with E-state index in [-0.39, 0.29) is 47.4 Å². The minimum Gasteiger partial charge on any atom is -0.412 e. The summed E-state index contributed by atoms with van der Waals surface area (Å²) in [5.41, 5.74) is 14.2. The zero-order valence-corrected chi connectivity index (χ0v) is 15.3. The Labute approximate surface area is 160 Å². The number of amidine groups is 2. The second-order valence-electron chi connectivity index (χ2n) is 4.61. The molecule has 0 aliphatic carbocycles. The van der Waals surface area contributed by atoms with Crippen molar-refractivity contribution in [3.63, 3.8) is 0 Å². The molecule has 0 saturated carbocycles. The van der Waals surface area contributed by atoms with Gasteiger partial charge in [0.15, 0.2) is 0 Å². The van der Waals surface area contributed by atoms with E-state index in [0.717, 1.165) is 20.8 Å². The van der Waals surface area contributed by atoms with E-state index in [1.165, 1.54) is 0 Å². The predicted octanol–water partition coefficient (Wildman–Crippen LogP) is 1.73. The van der Waals surface area contributed by atoms with E-state index in [1.54, 1.807) is 17.4 Å². The maximum Gasteiger partial charge on any atom is 0.124 e. The average Bonchev–Trinajstić information content (AvgIpc) is 2.90. The van der Waals surface area contributed by atoms with Gasteiger partial charge in [-0.25, -0.2) is 4.98 Å². The van der Waals surface area contributed by atoms with Crippen LogP contribution in [0.25, 0.3) is 20.8 Å². The minimum atomic E-state index is 0. The van der Waals surface area contributed by atoms with Crippen LogP contribution in [0.3, 0.4) is 0 Å². The zero-order valence-electron chi connectivity index (χ0n) is 12.9. The quantitative estimate of drug-likeness (QED) is 0.385. The van der Waals surface area contributed by atoms with Crippen LogP contribution in [0.4, 0.5) is 0 Å². The largest absolute Gasteiger partial charge is 0.412 e. The summed E-state index contributed by atoms with van der Waals surface area (Å²) in [4.78, 5) is 4.58. The Morgan fingerprint density at radius 3 is 1.88 bits per heavy atom. The normalized spacial score (nSPS) is 8.96. The molecule has 25 heavy (non-hydrogen) atoms. The number of rotatable bonds is 3. The van der Waals surface area contributed by atoms with Crippen LogP contribution in [-0.4, -0.2) is 27.6 Å². The SMILES string of the molecule is Cl.Cl.N=C(N)c1ccc(-c2nc3ccc(C(=N)N)cc3s2)cc1.O.O. The van der Waals surface area contributed by atoms with Crippen LogP contribution in [0.2, 0.25) is 0 Å². The van der Waals surface area contributed by atoms with Gasteiger partial charge in [0.25, 0.3) is 0 Å². The summed E-state index contributed by atoms with van der Waals surface area (Å²) in [5.74, 6) is 0.106. The topological polar surface area (TPSA) is 176 Å². The molecule has 10 N–H and O–H groups in total. The molecule has 2 aromatic carbocycles. The number of hydrogen-bond donors (Lipinski definition) is 4. The molecule has 0 bridgehead atoms. The van der Waals surface area contributed by atoms with E-state index in [2.05, 4.69) is 4.98 Å². The number of benzene rings is 2. The number of halogens is 2. The Kier molecular flexibility index (Phi) is 9.93.